The highest BCUT2D eigenvalue weighted by Crippen LogP contribution is 2.30. The number of aromatic nitrogens is 3. The first kappa shape index (κ1) is 33.9. The molecule has 5 amide bonds. The van der Waals surface area contributed by atoms with Gasteiger partial charge in [0.25, 0.3) is 11.8 Å². The molecule has 258 valence electrons. The zero-order valence-corrected chi connectivity index (χ0v) is 28.0. The molecule has 0 saturated carbocycles. The smallest absolute Gasteiger partial charge is 0.271 e. The highest BCUT2D eigenvalue weighted by atomic mass is 32.1. The summed E-state index contributed by atoms with van der Waals surface area (Å²) in [7, 11) is 0. The number of carbonyl (C=O) groups is 5. The highest BCUT2D eigenvalue weighted by Gasteiger charge is 2.39. The predicted octanol–water partition coefficient (Wildman–Crippen LogP) is 1.97. The van der Waals surface area contributed by atoms with E-state index in [1.165, 1.54) is 17.7 Å². The molecule has 5 N–H and O–H groups in total. The number of aryl methyl sites for hydroxylation is 2. The van der Waals surface area contributed by atoms with E-state index >= 15 is 0 Å². The molecule has 1 aromatic carbocycles. The number of nitrogens with two attached hydrogens (primary N) is 1. The van der Waals surface area contributed by atoms with Crippen LogP contribution in [-0.4, -0.2) is 87.2 Å². The van der Waals surface area contributed by atoms with E-state index in [1.807, 2.05) is 30.0 Å². The number of imide groups is 1. The molecular weight excluding hydrogens is 650 g/mol. The van der Waals surface area contributed by atoms with Crippen molar-refractivity contribution in [1.29, 1.82) is 0 Å². The van der Waals surface area contributed by atoms with Gasteiger partial charge in [-0.2, -0.15) is 4.37 Å². The maximum Gasteiger partial charge on any atom is 0.271 e. The predicted molar refractivity (Wildman–Crippen MR) is 180 cm³/mol. The van der Waals surface area contributed by atoms with Crippen LogP contribution in [0.5, 0.6) is 0 Å². The summed E-state index contributed by atoms with van der Waals surface area (Å²) < 4.78 is 10.0. The molecule has 0 bridgehead atoms. The summed E-state index contributed by atoms with van der Waals surface area (Å²) in [5.41, 5.74) is 8.95. The topological polar surface area (TPSA) is 202 Å². The molecule has 16 heteroatoms. The first-order valence-corrected chi connectivity index (χ1v) is 17.2. The van der Waals surface area contributed by atoms with E-state index in [0.29, 0.717) is 50.3 Å². The first-order valence-electron chi connectivity index (χ1n) is 16.4. The minimum atomic E-state index is -0.688. The molecule has 6 rings (SSSR count). The number of nitrogens with zero attached hydrogens (tertiary/aromatic N) is 5. The molecule has 0 aliphatic carbocycles. The first-order chi connectivity index (χ1) is 23.7. The van der Waals surface area contributed by atoms with Gasteiger partial charge in [0, 0.05) is 50.7 Å². The maximum absolute atomic E-state index is 13.1. The van der Waals surface area contributed by atoms with Gasteiger partial charge in [-0.3, -0.25) is 29.3 Å². The van der Waals surface area contributed by atoms with Crippen molar-refractivity contribution in [3.8, 4) is 0 Å². The third-order valence-electron chi connectivity index (χ3n) is 8.86. The van der Waals surface area contributed by atoms with E-state index < -0.39 is 17.9 Å². The summed E-state index contributed by atoms with van der Waals surface area (Å²) in [6.45, 7) is 4.22. The van der Waals surface area contributed by atoms with Crippen molar-refractivity contribution in [3.63, 3.8) is 0 Å². The van der Waals surface area contributed by atoms with Gasteiger partial charge in [-0.15, -0.1) is 0 Å². The molecule has 1 unspecified atom stereocenters. The number of anilines is 3. The lowest BCUT2D eigenvalue weighted by atomic mass is 10.00. The summed E-state index contributed by atoms with van der Waals surface area (Å²) in [6.07, 6.45) is 5.36. The number of primary amides is 1. The number of fused-ring (bicyclic) bond motifs is 1. The van der Waals surface area contributed by atoms with Gasteiger partial charge in [0.05, 0.1) is 18.5 Å². The fourth-order valence-corrected chi connectivity index (χ4v) is 7.12. The lowest BCUT2D eigenvalue weighted by Crippen LogP contribution is -2.52. The van der Waals surface area contributed by atoms with Crippen molar-refractivity contribution in [3.05, 3.63) is 58.5 Å². The Balaban J connectivity index is 0.938. The van der Waals surface area contributed by atoms with Crippen molar-refractivity contribution < 1.29 is 28.7 Å². The van der Waals surface area contributed by atoms with Crippen LogP contribution in [0.3, 0.4) is 0 Å². The van der Waals surface area contributed by atoms with Crippen molar-refractivity contribution in [1.82, 2.24) is 29.9 Å². The molecule has 49 heavy (non-hydrogen) atoms. The Labute approximate surface area is 287 Å². The Morgan fingerprint density at radius 2 is 2.04 bits per heavy atom. The maximum atomic E-state index is 13.1. The van der Waals surface area contributed by atoms with Gasteiger partial charge < -0.3 is 30.9 Å². The Morgan fingerprint density at radius 3 is 2.82 bits per heavy atom. The lowest BCUT2D eigenvalue weighted by Gasteiger charge is -2.34. The number of piperidine rings is 2. The minimum Gasteiger partial charge on any atom is -0.381 e. The number of hydrogen-bond acceptors (Lipinski definition) is 12. The molecule has 0 radical (unpaired) electrons. The standard InChI is InChI=1S/C33H39N9O6S/c1-19-15-28(49-40-19)39-31-29(30(34)45)35-16-25(37-31)41-12-3-7-21(17-41)36-27(44)11-14-48-13-4-6-20-5-2-8-22-23(20)18-42(33(22)47)24-9-10-26(43)38-32(24)46/h2,5,8,15-16,21,24H,3-4,6-7,9-14,17-18H2,1H3,(H2,34,45)(H,36,44)(H,37,39)(H,38,43,46)/t21-,24?/m0/s1. The fourth-order valence-electron chi connectivity index (χ4n) is 6.46. The molecule has 5 heterocycles. The van der Waals surface area contributed by atoms with Crippen LogP contribution in [0, 0.1) is 6.92 Å². The number of benzene rings is 1. The summed E-state index contributed by atoms with van der Waals surface area (Å²) in [4.78, 5) is 74.2. The summed E-state index contributed by atoms with van der Waals surface area (Å²) in [5.74, 6) is -0.870. The van der Waals surface area contributed by atoms with Gasteiger partial charge in [0.2, 0.25) is 17.7 Å². The second-order valence-electron chi connectivity index (χ2n) is 12.4. The summed E-state index contributed by atoms with van der Waals surface area (Å²) >= 11 is 1.25. The van der Waals surface area contributed by atoms with E-state index in [1.54, 1.807) is 11.0 Å². The second kappa shape index (κ2) is 15.1. The SMILES string of the molecule is Cc1cc(Nc2nc(N3CCC[C@H](NC(=O)CCOCCCc4cccc5c4CN(C4CCC(=O)NC4=O)C5=O)C3)cnc2C(N)=O)sn1. The van der Waals surface area contributed by atoms with Crippen molar-refractivity contribution >= 4 is 57.7 Å². The van der Waals surface area contributed by atoms with E-state index in [0.717, 1.165) is 41.2 Å². The van der Waals surface area contributed by atoms with Crippen LogP contribution in [-0.2, 0) is 32.1 Å². The number of hydrogen-bond donors (Lipinski definition) is 4. The third kappa shape index (κ3) is 8.03. The number of nitrogens with one attached hydrogen (secondary N) is 3. The third-order valence-corrected chi connectivity index (χ3v) is 9.66. The molecule has 2 atom stereocenters. The van der Waals surface area contributed by atoms with E-state index in [2.05, 4.69) is 30.3 Å². The molecule has 3 aliphatic rings. The normalized spacial score (nSPS) is 19.1. The van der Waals surface area contributed by atoms with E-state index in [-0.39, 0.29) is 54.7 Å². The Hall–Kier alpha value is -4.96. The molecule has 2 aromatic heterocycles. The quantitative estimate of drug-likeness (QED) is 0.151. The molecule has 3 aliphatic heterocycles. The number of ether oxygens (including phenoxy) is 1. The largest absolute Gasteiger partial charge is 0.381 e. The lowest BCUT2D eigenvalue weighted by molar-refractivity contribution is -0.137. The van der Waals surface area contributed by atoms with Gasteiger partial charge >= 0.3 is 0 Å². The second-order valence-corrected chi connectivity index (χ2v) is 13.2. The molecule has 15 nitrogen and oxygen atoms in total. The number of carbonyl (C=O) groups excluding carboxylic acids is 5. The molecular formula is C33H39N9O6S. The Kier molecular flexibility index (Phi) is 10.4. The van der Waals surface area contributed by atoms with Crippen molar-refractivity contribution in [2.24, 2.45) is 5.73 Å². The minimum absolute atomic E-state index is 0.0378. The average molecular weight is 690 g/mol. The molecule has 2 saturated heterocycles. The van der Waals surface area contributed by atoms with Gasteiger partial charge in [0.1, 0.15) is 16.9 Å². The van der Waals surface area contributed by atoms with Crippen LogP contribution in [0.2, 0.25) is 0 Å². The number of rotatable bonds is 13. The van der Waals surface area contributed by atoms with Gasteiger partial charge in [-0.05, 0) is 73.8 Å². The zero-order chi connectivity index (χ0) is 34.5. The highest BCUT2D eigenvalue weighted by molar-refractivity contribution is 7.10. The van der Waals surface area contributed by atoms with Crippen molar-refractivity contribution in [2.45, 2.75) is 70.5 Å². The monoisotopic (exact) mass is 689 g/mol. The molecule has 0 spiro atoms. The van der Waals surface area contributed by atoms with Gasteiger partial charge in [0.15, 0.2) is 11.5 Å². The number of amides is 5. The van der Waals surface area contributed by atoms with Gasteiger partial charge in [-0.1, -0.05) is 12.1 Å². The summed E-state index contributed by atoms with van der Waals surface area (Å²) in [6, 6.07) is 6.73. The van der Waals surface area contributed by atoms with Crippen LogP contribution in [0.25, 0.3) is 0 Å². The fraction of sp³-hybridized carbons (Fsp3) is 0.455. The zero-order valence-electron chi connectivity index (χ0n) is 27.2. The Morgan fingerprint density at radius 1 is 1.18 bits per heavy atom. The van der Waals surface area contributed by atoms with Gasteiger partial charge in [-0.25, -0.2) is 9.97 Å². The van der Waals surface area contributed by atoms with Crippen LogP contribution < -0.4 is 26.6 Å². The van der Waals surface area contributed by atoms with Crippen LogP contribution in [0.15, 0.2) is 30.5 Å². The van der Waals surface area contributed by atoms with E-state index in [4.69, 9.17) is 10.5 Å². The molecule has 3 aromatic rings. The average Bonchev–Trinajstić information content (AvgIpc) is 3.64. The van der Waals surface area contributed by atoms with Crippen molar-refractivity contribution in [2.75, 3.05) is 36.5 Å². The molecule has 2 fully saturated rings. The Bertz CT molecular complexity index is 1760. The van der Waals surface area contributed by atoms with Crippen LogP contribution in [0.1, 0.15) is 76.2 Å². The van der Waals surface area contributed by atoms with Crippen LogP contribution in [0.4, 0.5) is 16.6 Å². The van der Waals surface area contributed by atoms with Crippen LogP contribution >= 0.6 is 11.5 Å². The van der Waals surface area contributed by atoms with E-state index in [9.17, 15) is 24.0 Å². The summed E-state index contributed by atoms with van der Waals surface area (Å²) in [5, 5.41) is 9.26.